The van der Waals surface area contributed by atoms with E-state index in [0.29, 0.717) is 44.5 Å². The van der Waals surface area contributed by atoms with Gasteiger partial charge in [0, 0.05) is 41.5 Å². The number of carboxylic acids is 1. The third-order valence-electron chi connectivity index (χ3n) is 5.38. The summed E-state index contributed by atoms with van der Waals surface area (Å²) in [5.74, 6) is -0.193. The second-order valence-electron chi connectivity index (χ2n) is 7.48. The van der Waals surface area contributed by atoms with Crippen LogP contribution in [-0.2, 0) is 17.9 Å². The second kappa shape index (κ2) is 10.4. The van der Waals surface area contributed by atoms with Crippen molar-refractivity contribution in [3.63, 3.8) is 0 Å². The molecule has 0 radical (unpaired) electrons. The molecule has 0 saturated carbocycles. The van der Waals surface area contributed by atoms with Gasteiger partial charge in [-0.05, 0) is 30.3 Å². The van der Waals surface area contributed by atoms with Gasteiger partial charge in [-0.15, -0.1) is 0 Å². The molecule has 3 aromatic carbocycles. The largest absolute Gasteiger partial charge is 0.488 e. The van der Waals surface area contributed by atoms with Crippen LogP contribution in [0.5, 0.6) is 5.75 Å². The Labute approximate surface area is 192 Å². The van der Waals surface area contributed by atoms with Crippen molar-refractivity contribution >= 4 is 28.9 Å². The number of nitrogens with one attached hydrogen (secondary N) is 1. The van der Waals surface area contributed by atoms with E-state index in [1.807, 2.05) is 60.7 Å². The Morgan fingerprint density at radius 3 is 2.50 bits per heavy atom. The van der Waals surface area contributed by atoms with Gasteiger partial charge in [0.05, 0.1) is 24.5 Å². The summed E-state index contributed by atoms with van der Waals surface area (Å²) in [5, 5.41) is 13.7. The average molecular weight is 453 g/mol. The van der Waals surface area contributed by atoms with Crippen LogP contribution in [0.1, 0.15) is 21.5 Å². The molecule has 1 saturated heterocycles. The van der Waals surface area contributed by atoms with Crippen molar-refractivity contribution in [2.24, 2.45) is 0 Å². The van der Waals surface area contributed by atoms with E-state index in [9.17, 15) is 9.90 Å². The molecule has 7 heteroatoms. The predicted molar refractivity (Wildman–Crippen MR) is 126 cm³/mol. The molecule has 0 amide bonds. The first-order valence-electron chi connectivity index (χ1n) is 10.5. The molecule has 1 fully saturated rings. The minimum absolute atomic E-state index is 0.278. The molecule has 6 nitrogen and oxygen atoms in total. The number of aromatic carboxylic acids is 1. The monoisotopic (exact) mass is 452 g/mol. The van der Waals surface area contributed by atoms with Crippen LogP contribution < -0.4 is 15.0 Å². The highest BCUT2D eigenvalue weighted by Gasteiger charge is 2.19. The number of nitrogens with zero attached hydrogens (tertiary/aromatic N) is 1. The Morgan fingerprint density at radius 2 is 1.75 bits per heavy atom. The number of halogens is 1. The fourth-order valence-electron chi connectivity index (χ4n) is 3.66. The van der Waals surface area contributed by atoms with E-state index in [4.69, 9.17) is 21.1 Å². The normalized spacial score (nSPS) is 13.6. The van der Waals surface area contributed by atoms with Crippen molar-refractivity contribution < 1.29 is 19.4 Å². The summed E-state index contributed by atoms with van der Waals surface area (Å²) in [6, 6.07) is 20.8. The summed E-state index contributed by atoms with van der Waals surface area (Å²) >= 11 is 6.23. The van der Waals surface area contributed by atoms with Crippen molar-refractivity contribution in [3.8, 4) is 5.75 Å². The second-order valence-corrected chi connectivity index (χ2v) is 7.89. The van der Waals surface area contributed by atoms with Crippen molar-refractivity contribution in [2.45, 2.75) is 13.2 Å². The van der Waals surface area contributed by atoms with Gasteiger partial charge >= 0.3 is 5.97 Å². The number of ether oxygens (including phenoxy) is 2. The van der Waals surface area contributed by atoms with E-state index in [2.05, 4.69) is 10.2 Å². The number of para-hydroxylation sites is 1. The maximum atomic E-state index is 11.9. The van der Waals surface area contributed by atoms with Gasteiger partial charge in [-0.1, -0.05) is 48.0 Å². The Balaban J connectivity index is 1.46. The Bertz CT molecular complexity index is 1080. The van der Waals surface area contributed by atoms with Crippen LogP contribution in [0.3, 0.4) is 0 Å². The van der Waals surface area contributed by atoms with Crippen LogP contribution in [0.25, 0.3) is 0 Å². The van der Waals surface area contributed by atoms with Crippen molar-refractivity contribution in [1.82, 2.24) is 0 Å². The number of hydrogen-bond donors (Lipinski definition) is 2. The predicted octanol–water partition coefficient (Wildman–Crippen LogP) is 5.07. The maximum Gasteiger partial charge on any atom is 0.337 e. The summed E-state index contributed by atoms with van der Waals surface area (Å²) in [6.45, 7) is 3.43. The molecule has 1 aliphatic rings. The van der Waals surface area contributed by atoms with Gasteiger partial charge < -0.3 is 24.8 Å². The van der Waals surface area contributed by atoms with E-state index in [-0.39, 0.29) is 5.56 Å². The number of benzene rings is 3. The molecule has 0 bridgehead atoms. The number of hydrogen-bond acceptors (Lipinski definition) is 5. The number of morpholine rings is 1. The molecule has 1 heterocycles. The third-order valence-corrected chi connectivity index (χ3v) is 5.74. The van der Waals surface area contributed by atoms with E-state index in [1.165, 1.54) is 0 Å². The molecule has 0 aliphatic carbocycles. The third kappa shape index (κ3) is 5.33. The van der Waals surface area contributed by atoms with Gasteiger partial charge in [-0.25, -0.2) is 4.79 Å². The summed E-state index contributed by atoms with van der Waals surface area (Å²) in [7, 11) is 0. The Morgan fingerprint density at radius 1 is 1.03 bits per heavy atom. The lowest BCUT2D eigenvalue weighted by Crippen LogP contribution is -2.37. The summed E-state index contributed by atoms with van der Waals surface area (Å²) < 4.78 is 11.4. The SMILES string of the molecule is O=C(O)c1cc(NCc2ccccc2OCc2ccccc2Cl)ccc1N1CCOCC1. The molecule has 0 spiro atoms. The summed E-state index contributed by atoms with van der Waals surface area (Å²) in [6.07, 6.45) is 0. The van der Waals surface area contributed by atoms with Gasteiger partial charge in [0.2, 0.25) is 0 Å². The Hall–Kier alpha value is -3.22. The van der Waals surface area contributed by atoms with Crippen molar-refractivity contribution in [3.05, 3.63) is 88.4 Å². The van der Waals surface area contributed by atoms with Gasteiger partial charge in [-0.3, -0.25) is 0 Å². The fourth-order valence-corrected chi connectivity index (χ4v) is 3.85. The van der Waals surface area contributed by atoms with E-state index in [0.717, 1.165) is 28.3 Å². The van der Waals surface area contributed by atoms with E-state index in [1.54, 1.807) is 6.07 Å². The first-order chi connectivity index (χ1) is 15.6. The zero-order chi connectivity index (χ0) is 22.3. The molecule has 32 heavy (non-hydrogen) atoms. The number of carboxylic acid groups (broad SMARTS) is 1. The van der Waals surface area contributed by atoms with Gasteiger partial charge in [0.25, 0.3) is 0 Å². The lowest BCUT2D eigenvalue weighted by molar-refractivity contribution is 0.0696. The number of carbonyl (C=O) groups is 1. The fraction of sp³-hybridized carbons (Fsp3) is 0.240. The standard InChI is InChI=1S/C25H25ClN2O4/c26-22-7-3-1-6-19(22)17-32-24-8-4-2-5-18(24)16-27-20-9-10-23(21(15-20)25(29)30)28-11-13-31-14-12-28/h1-10,15,27H,11-14,16-17H2,(H,29,30). The van der Waals surface area contributed by atoms with Crippen LogP contribution in [0.15, 0.2) is 66.7 Å². The minimum atomic E-state index is -0.946. The highest BCUT2D eigenvalue weighted by atomic mass is 35.5. The molecule has 1 aliphatic heterocycles. The van der Waals surface area contributed by atoms with Crippen molar-refractivity contribution in [2.75, 3.05) is 36.5 Å². The van der Waals surface area contributed by atoms with Crippen LogP contribution in [0.4, 0.5) is 11.4 Å². The highest BCUT2D eigenvalue weighted by molar-refractivity contribution is 6.31. The summed E-state index contributed by atoms with van der Waals surface area (Å²) in [5.41, 5.74) is 3.62. The number of anilines is 2. The number of rotatable bonds is 8. The van der Waals surface area contributed by atoms with Crippen LogP contribution >= 0.6 is 11.6 Å². The first kappa shape index (κ1) is 22.0. The molecule has 2 N–H and O–H groups in total. The van der Waals surface area contributed by atoms with Crippen molar-refractivity contribution in [1.29, 1.82) is 0 Å². The molecule has 0 atom stereocenters. The molecule has 3 aromatic rings. The van der Waals surface area contributed by atoms with Gasteiger partial charge in [-0.2, -0.15) is 0 Å². The molecule has 0 aromatic heterocycles. The van der Waals surface area contributed by atoms with Crippen LogP contribution in [0, 0.1) is 0 Å². The zero-order valence-corrected chi connectivity index (χ0v) is 18.3. The maximum absolute atomic E-state index is 11.9. The topological polar surface area (TPSA) is 71.0 Å². The Kier molecular flexibility index (Phi) is 7.14. The highest BCUT2D eigenvalue weighted by Crippen LogP contribution is 2.27. The quantitative estimate of drug-likeness (QED) is 0.497. The molecule has 4 rings (SSSR count). The molecular weight excluding hydrogens is 428 g/mol. The molecule has 0 unspecified atom stereocenters. The average Bonchev–Trinajstić information content (AvgIpc) is 2.83. The van der Waals surface area contributed by atoms with E-state index < -0.39 is 5.97 Å². The smallest absolute Gasteiger partial charge is 0.337 e. The van der Waals surface area contributed by atoms with Gasteiger partial charge in [0.1, 0.15) is 12.4 Å². The van der Waals surface area contributed by atoms with E-state index >= 15 is 0 Å². The van der Waals surface area contributed by atoms with Crippen LogP contribution in [-0.4, -0.2) is 37.4 Å². The first-order valence-corrected chi connectivity index (χ1v) is 10.9. The molecular formula is C25H25ClN2O4. The van der Waals surface area contributed by atoms with Gasteiger partial charge in [0.15, 0.2) is 0 Å². The molecule has 166 valence electrons. The minimum Gasteiger partial charge on any atom is -0.488 e. The lowest BCUT2D eigenvalue weighted by Gasteiger charge is -2.30. The van der Waals surface area contributed by atoms with Crippen LogP contribution in [0.2, 0.25) is 5.02 Å². The summed E-state index contributed by atoms with van der Waals surface area (Å²) in [4.78, 5) is 13.9. The zero-order valence-electron chi connectivity index (χ0n) is 17.6. The lowest BCUT2D eigenvalue weighted by atomic mass is 10.1.